The molecule has 0 spiro atoms. The van der Waals surface area contributed by atoms with Gasteiger partial charge in [-0.25, -0.2) is 4.79 Å². The summed E-state index contributed by atoms with van der Waals surface area (Å²) in [6.07, 6.45) is 8.90. The number of carboxylic acids is 2. The van der Waals surface area contributed by atoms with Gasteiger partial charge in [0.15, 0.2) is 0 Å². The predicted molar refractivity (Wildman–Crippen MR) is 160 cm³/mol. The molecule has 40 heavy (non-hydrogen) atoms. The Labute approximate surface area is 241 Å². The first-order valence-corrected chi connectivity index (χ1v) is 14.7. The number of carbonyl (C=O) groups is 2. The van der Waals surface area contributed by atoms with E-state index >= 15 is 0 Å². The molecule has 0 aliphatic carbocycles. The number of benzene rings is 3. The number of rotatable bonds is 18. The van der Waals surface area contributed by atoms with E-state index in [1.807, 2.05) is 30.3 Å². The molecule has 0 fully saturated rings. The van der Waals surface area contributed by atoms with Crippen LogP contribution >= 0.6 is 11.8 Å². The summed E-state index contributed by atoms with van der Waals surface area (Å²) in [5.74, 6) is -1.99. The van der Waals surface area contributed by atoms with Crippen molar-refractivity contribution in [1.82, 2.24) is 0 Å². The van der Waals surface area contributed by atoms with Crippen LogP contribution in [-0.4, -0.2) is 41.3 Å². The van der Waals surface area contributed by atoms with Gasteiger partial charge in [-0.2, -0.15) is 0 Å². The normalized spacial score (nSPS) is 13.3. The Bertz CT molecular complexity index is 1210. The van der Waals surface area contributed by atoms with Crippen molar-refractivity contribution in [2.24, 2.45) is 0 Å². The van der Waals surface area contributed by atoms with E-state index in [0.29, 0.717) is 11.3 Å². The second kappa shape index (κ2) is 16.1. The maximum Gasteiger partial charge on any atom is 0.347 e. The zero-order chi connectivity index (χ0) is 28.8. The SMILES string of the molecule is COc1ccccc1C(SC(Cc1ccccc1CCCCCCCCc1ccccc1)(OC)C(=O)O)C(=O)O. The highest BCUT2D eigenvalue weighted by Gasteiger charge is 2.45. The number of hydrogen-bond donors (Lipinski definition) is 2. The fourth-order valence-electron chi connectivity index (χ4n) is 4.92. The van der Waals surface area contributed by atoms with Gasteiger partial charge in [-0.05, 0) is 48.4 Å². The highest BCUT2D eigenvalue weighted by Crippen LogP contribution is 2.45. The van der Waals surface area contributed by atoms with Crippen molar-refractivity contribution in [2.75, 3.05) is 14.2 Å². The molecule has 0 aromatic heterocycles. The van der Waals surface area contributed by atoms with Crippen molar-refractivity contribution >= 4 is 23.7 Å². The summed E-state index contributed by atoms with van der Waals surface area (Å²) in [5, 5.41) is 19.2. The van der Waals surface area contributed by atoms with Gasteiger partial charge in [0.1, 0.15) is 11.0 Å². The molecule has 0 saturated carbocycles. The molecule has 3 aromatic carbocycles. The molecule has 0 bridgehead atoms. The first-order valence-electron chi connectivity index (χ1n) is 13.8. The number of aliphatic carboxylic acids is 2. The maximum atomic E-state index is 12.6. The van der Waals surface area contributed by atoms with Crippen LogP contribution in [-0.2, 0) is 33.6 Å². The molecule has 2 atom stereocenters. The first-order chi connectivity index (χ1) is 19.4. The van der Waals surface area contributed by atoms with Gasteiger partial charge in [-0.15, -0.1) is 0 Å². The van der Waals surface area contributed by atoms with Crippen molar-refractivity contribution in [1.29, 1.82) is 0 Å². The van der Waals surface area contributed by atoms with Crippen molar-refractivity contribution in [3.05, 3.63) is 101 Å². The molecule has 3 aromatic rings. The van der Waals surface area contributed by atoms with E-state index in [2.05, 4.69) is 24.3 Å². The molecule has 0 aliphatic rings. The maximum absolute atomic E-state index is 12.6. The molecule has 2 N–H and O–H groups in total. The Morgan fingerprint density at radius 2 is 1.32 bits per heavy atom. The standard InChI is InChI=1S/C33H40O6S/c1-38-29-23-15-14-22-28(29)30(31(34)35)40-33(39-2,32(36)37)24-27-21-13-12-20-26(27)19-11-6-4-3-5-8-16-25-17-9-7-10-18-25/h7,9-10,12-15,17-18,20-23,30H,3-6,8,11,16,19,24H2,1-2H3,(H,34,35)(H,36,37). The van der Waals surface area contributed by atoms with E-state index in [9.17, 15) is 19.8 Å². The van der Waals surface area contributed by atoms with Crippen molar-refractivity contribution in [2.45, 2.75) is 68.0 Å². The average Bonchev–Trinajstić information content (AvgIpc) is 2.97. The average molecular weight is 565 g/mol. The van der Waals surface area contributed by atoms with Crippen LogP contribution in [0.15, 0.2) is 78.9 Å². The van der Waals surface area contributed by atoms with Gasteiger partial charge in [-0.3, -0.25) is 4.79 Å². The van der Waals surface area contributed by atoms with Crippen LogP contribution in [0, 0.1) is 0 Å². The second-order valence-corrected chi connectivity index (χ2v) is 11.3. The number of ether oxygens (including phenoxy) is 2. The zero-order valence-corrected chi connectivity index (χ0v) is 24.2. The lowest BCUT2D eigenvalue weighted by atomic mass is 9.96. The van der Waals surface area contributed by atoms with E-state index in [1.54, 1.807) is 24.3 Å². The van der Waals surface area contributed by atoms with Crippen LogP contribution in [0.25, 0.3) is 0 Å². The van der Waals surface area contributed by atoms with Gasteiger partial charge in [0.05, 0.1) is 7.11 Å². The van der Waals surface area contributed by atoms with Crippen LogP contribution in [0.2, 0.25) is 0 Å². The fraction of sp³-hybridized carbons (Fsp3) is 0.394. The van der Waals surface area contributed by atoms with Gasteiger partial charge in [0, 0.05) is 19.1 Å². The molecule has 7 heteroatoms. The number of methoxy groups -OCH3 is 2. The highest BCUT2D eigenvalue weighted by atomic mass is 32.2. The van der Waals surface area contributed by atoms with Gasteiger partial charge < -0.3 is 19.7 Å². The molecule has 3 rings (SSSR count). The molecule has 2 unspecified atom stereocenters. The molecule has 0 saturated heterocycles. The highest BCUT2D eigenvalue weighted by molar-refractivity contribution is 8.02. The Kier molecular flexibility index (Phi) is 12.6. The van der Waals surface area contributed by atoms with Crippen LogP contribution in [0.1, 0.15) is 66.0 Å². The second-order valence-electron chi connectivity index (χ2n) is 9.89. The van der Waals surface area contributed by atoms with E-state index in [1.165, 1.54) is 45.5 Å². The fourth-order valence-corrected chi connectivity index (χ4v) is 6.16. The van der Waals surface area contributed by atoms with Gasteiger partial charge in [0.2, 0.25) is 4.93 Å². The lowest BCUT2D eigenvalue weighted by Gasteiger charge is -2.31. The van der Waals surface area contributed by atoms with Gasteiger partial charge >= 0.3 is 11.9 Å². The third-order valence-electron chi connectivity index (χ3n) is 7.16. The molecular weight excluding hydrogens is 524 g/mol. The first kappa shape index (κ1) is 31.2. The third kappa shape index (κ3) is 8.86. The van der Waals surface area contributed by atoms with Crippen LogP contribution in [0.3, 0.4) is 0 Å². The summed E-state index contributed by atoms with van der Waals surface area (Å²) in [7, 11) is 2.78. The minimum absolute atomic E-state index is 0.0398. The third-order valence-corrected chi connectivity index (χ3v) is 8.71. The smallest absolute Gasteiger partial charge is 0.347 e. The molecular formula is C33H40O6S. The van der Waals surface area contributed by atoms with Gasteiger partial charge in [-0.1, -0.05) is 110 Å². The van der Waals surface area contributed by atoms with Crippen LogP contribution < -0.4 is 4.74 Å². The zero-order valence-electron chi connectivity index (χ0n) is 23.4. The lowest BCUT2D eigenvalue weighted by molar-refractivity contribution is -0.151. The molecule has 0 heterocycles. The number of thioether (sulfide) groups is 1. The van der Waals surface area contributed by atoms with Gasteiger partial charge in [0.25, 0.3) is 0 Å². The van der Waals surface area contributed by atoms with Crippen molar-refractivity contribution < 1.29 is 29.3 Å². The summed E-state index contributed by atoms with van der Waals surface area (Å²) < 4.78 is 11.0. The summed E-state index contributed by atoms with van der Waals surface area (Å²) in [6.45, 7) is 0. The molecule has 0 aliphatic heterocycles. The summed E-state index contributed by atoms with van der Waals surface area (Å²) in [6, 6.07) is 25.1. The Hall–Kier alpha value is -3.29. The quantitative estimate of drug-likeness (QED) is 0.123. The number of aryl methyl sites for hydroxylation is 2. The predicted octanol–water partition coefficient (Wildman–Crippen LogP) is 7.35. The van der Waals surface area contributed by atoms with Crippen molar-refractivity contribution in [3.8, 4) is 5.75 Å². The Balaban J connectivity index is 1.62. The summed E-state index contributed by atoms with van der Waals surface area (Å²) in [4.78, 5) is 23.1. The molecule has 0 radical (unpaired) electrons. The van der Waals surface area contributed by atoms with E-state index in [0.717, 1.165) is 48.6 Å². The largest absolute Gasteiger partial charge is 0.496 e. The summed E-state index contributed by atoms with van der Waals surface area (Å²) >= 11 is 0.776. The van der Waals surface area contributed by atoms with Crippen LogP contribution in [0.5, 0.6) is 5.75 Å². The van der Waals surface area contributed by atoms with E-state index < -0.39 is 22.1 Å². The van der Waals surface area contributed by atoms with E-state index in [4.69, 9.17) is 9.47 Å². The minimum atomic E-state index is -1.79. The molecule has 6 nitrogen and oxygen atoms in total. The van der Waals surface area contributed by atoms with Crippen LogP contribution in [0.4, 0.5) is 0 Å². The monoisotopic (exact) mass is 564 g/mol. The number of hydrogen-bond acceptors (Lipinski definition) is 5. The molecule has 214 valence electrons. The van der Waals surface area contributed by atoms with Crippen molar-refractivity contribution in [3.63, 3.8) is 0 Å². The number of para-hydroxylation sites is 1. The Morgan fingerprint density at radius 3 is 1.95 bits per heavy atom. The molecule has 0 amide bonds. The number of carboxylic acid groups (broad SMARTS) is 2. The number of unbranched alkanes of at least 4 members (excludes halogenated alkanes) is 5. The summed E-state index contributed by atoms with van der Waals surface area (Å²) in [5.41, 5.74) is 3.70. The topological polar surface area (TPSA) is 93.1 Å². The lowest BCUT2D eigenvalue weighted by Crippen LogP contribution is -2.41. The van der Waals surface area contributed by atoms with E-state index in [-0.39, 0.29) is 6.42 Å². The minimum Gasteiger partial charge on any atom is -0.496 e. The Morgan fingerprint density at radius 1 is 0.750 bits per heavy atom.